The van der Waals surface area contributed by atoms with E-state index in [1.807, 2.05) is 0 Å². The minimum Gasteiger partial charge on any atom is -0.493 e. The Labute approximate surface area is 115 Å². The van der Waals surface area contributed by atoms with Crippen molar-refractivity contribution in [2.24, 2.45) is 5.92 Å². The van der Waals surface area contributed by atoms with Crippen LogP contribution in [0.3, 0.4) is 0 Å². The first-order valence-corrected chi connectivity index (χ1v) is 7.03. The number of halogens is 1. The largest absolute Gasteiger partial charge is 0.493 e. The molecule has 1 rings (SSSR count). The predicted octanol–water partition coefficient (Wildman–Crippen LogP) is 4.68. The second-order valence-electron chi connectivity index (χ2n) is 4.81. The molecule has 0 amide bonds. The van der Waals surface area contributed by atoms with Gasteiger partial charge in [-0.25, -0.2) is 4.39 Å². The van der Waals surface area contributed by atoms with Crippen molar-refractivity contribution in [3.8, 4) is 11.8 Å². The van der Waals surface area contributed by atoms with Gasteiger partial charge in [0.05, 0.1) is 12.2 Å². The molecular formula is C16H22FNO. The number of nitrogens with zero attached hydrogens (tertiary/aromatic N) is 1. The van der Waals surface area contributed by atoms with Crippen molar-refractivity contribution in [2.45, 2.75) is 46.0 Å². The van der Waals surface area contributed by atoms with E-state index in [2.05, 4.69) is 13.8 Å². The summed E-state index contributed by atoms with van der Waals surface area (Å²) >= 11 is 0. The highest BCUT2D eigenvalue weighted by Gasteiger charge is 2.06. The summed E-state index contributed by atoms with van der Waals surface area (Å²) in [5, 5.41) is 8.63. The van der Waals surface area contributed by atoms with Gasteiger partial charge in [-0.1, -0.05) is 33.1 Å². The summed E-state index contributed by atoms with van der Waals surface area (Å²) in [6.45, 7) is 5.03. The van der Waals surface area contributed by atoms with Crippen LogP contribution >= 0.6 is 0 Å². The normalized spacial score (nSPS) is 11.9. The quantitative estimate of drug-likeness (QED) is 0.638. The average Bonchev–Trinajstić information content (AvgIpc) is 2.42. The predicted molar refractivity (Wildman–Crippen MR) is 74.5 cm³/mol. The van der Waals surface area contributed by atoms with Gasteiger partial charge < -0.3 is 4.74 Å². The summed E-state index contributed by atoms with van der Waals surface area (Å²) in [7, 11) is 0. The van der Waals surface area contributed by atoms with Gasteiger partial charge in [0.1, 0.15) is 17.6 Å². The Morgan fingerprint density at radius 2 is 2.11 bits per heavy atom. The van der Waals surface area contributed by atoms with Crippen LogP contribution in [-0.2, 0) is 0 Å². The number of rotatable bonds is 8. The summed E-state index contributed by atoms with van der Waals surface area (Å²) < 4.78 is 18.9. The van der Waals surface area contributed by atoms with Crippen molar-refractivity contribution in [2.75, 3.05) is 6.61 Å². The molecule has 0 saturated heterocycles. The lowest BCUT2D eigenvalue weighted by molar-refractivity contribution is 0.285. The molecule has 0 aromatic heterocycles. The molecule has 0 spiro atoms. The molecule has 1 atom stereocenters. The van der Waals surface area contributed by atoms with Gasteiger partial charge >= 0.3 is 0 Å². The number of ether oxygens (including phenoxy) is 1. The van der Waals surface area contributed by atoms with Crippen LogP contribution in [0.15, 0.2) is 18.2 Å². The highest BCUT2D eigenvalue weighted by molar-refractivity contribution is 5.36. The fourth-order valence-corrected chi connectivity index (χ4v) is 2.20. The van der Waals surface area contributed by atoms with Crippen LogP contribution in [0.1, 0.15) is 51.5 Å². The molecule has 1 aromatic carbocycles. The lowest BCUT2D eigenvalue weighted by Gasteiger charge is -2.13. The maximum Gasteiger partial charge on any atom is 0.144 e. The van der Waals surface area contributed by atoms with E-state index in [1.54, 1.807) is 12.1 Å². The number of hydrogen-bond acceptors (Lipinski definition) is 2. The average molecular weight is 263 g/mol. The Morgan fingerprint density at radius 3 is 2.68 bits per heavy atom. The van der Waals surface area contributed by atoms with Crippen molar-refractivity contribution >= 4 is 0 Å². The third-order valence-electron chi connectivity index (χ3n) is 3.36. The van der Waals surface area contributed by atoms with Crippen molar-refractivity contribution in [3.63, 3.8) is 0 Å². The van der Waals surface area contributed by atoms with Gasteiger partial charge in [-0.15, -0.1) is 0 Å². The topological polar surface area (TPSA) is 33.0 Å². The Bertz CT molecular complexity index is 425. The van der Waals surface area contributed by atoms with E-state index < -0.39 is 5.82 Å². The van der Waals surface area contributed by atoms with Crippen LogP contribution in [0.4, 0.5) is 4.39 Å². The molecule has 0 saturated carbocycles. The molecule has 3 heteroatoms. The molecule has 1 aromatic rings. The molecule has 0 bridgehead atoms. The van der Waals surface area contributed by atoms with Gasteiger partial charge in [0.25, 0.3) is 0 Å². The van der Waals surface area contributed by atoms with Crippen LogP contribution in [-0.4, -0.2) is 6.61 Å². The Kier molecular flexibility index (Phi) is 6.95. The first kappa shape index (κ1) is 15.5. The first-order valence-electron chi connectivity index (χ1n) is 7.03. The van der Waals surface area contributed by atoms with E-state index >= 15 is 0 Å². The molecule has 0 aliphatic rings. The number of benzene rings is 1. The van der Waals surface area contributed by atoms with Crippen molar-refractivity contribution < 1.29 is 9.13 Å². The molecule has 0 radical (unpaired) electrons. The minimum absolute atomic E-state index is 0.0568. The zero-order chi connectivity index (χ0) is 14.1. The van der Waals surface area contributed by atoms with E-state index in [-0.39, 0.29) is 5.56 Å². The van der Waals surface area contributed by atoms with Crippen molar-refractivity contribution in [1.82, 2.24) is 0 Å². The standard InChI is InChI=1S/C16H22FNO/c1-3-6-13(4-2)7-5-10-19-15-9-8-14(12-18)16(17)11-15/h8-9,11,13H,3-7,10H2,1-2H3. The van der Waals surface area contributed by atoms with Gasteiger partial charge in [-0.3, -0.25) is 0 Å². The third kappa shape index (κ3) is 5.30. The van der Waals surface area contributed by atoms with Crippen LogP contribution in [0.25, 0.3) is 0 Å². The van der Waals surface area contributed by atoms with Crippen LogP contribution < -0.4 is 4.74 Å². The Morgan fingerprint density at radius 1 is 1.32 bits per heavy atom. The van der Waals surface area contributed by atoms with Crippen LogP contribution in [0.5, 0.6) is 5.75 Å². The SMILES string of the molecule is CCCC(CC)CCCOc1ccc(C#N)c(F)c1. The smallest absolute Gasteiger partial charge is 0.144 e. The monoisotopic (exact) mass is 263 g/mol. The molecule has 0 fully saturated rings. The molecule has 19 heavy (non-hydrogen) atoms. The zero-order valence-electron chi connectivity index (χ0n) is 11.8. The van der Waals surface area contributed by atoms with Gasteiger partial charge in [0.15, 0.2) is 0 Å². The van der Waals surface area contributed by atoms with E-state index in [4.69, 9.17) is 10.00 Å². The van der Waals surface area contributed by atoms with Gasteiger partial charge in [-0.05, 0) is 30.9 Å². The lowest BCUT2D eigenvalue weighted by Crippen LogP contribution is -2.03. The van der Waals surface area contributed by atoms with Gasteiger partial charge in [-0.2, -0.15) is 5.26 Å². The van der Waals surface area contributed by atoms with E-state index in [9.17, 15) is 4.39 Å². The molecule has 104 valence electrons. The zero-order valence-corrected chi connectivity index (χ0v) is 11.8. The molecule has 1 unspecified atom stereocenters. The second-order valence-corrected chi connectivity index (χ2v) is 4.81. The molecule has 0 N–H and O–H groups in total. The summed E-state index contributed by atoms with van der Waals surface area (Å²) in [4.78, 5) is 0. The number of hydrogen-bond donors (Lipinski definition) is 0. The molecule has 0 aliphatic heterocycles. The highest BCUT2D eigenvalue weighted by Crippen LogP contribution is 2.19. The molecule has 2 nitrogen and oxygen atoms in total. The Hall–Kier alpha value is -1.56. The van der Waals surface area contributed by atoms with Crippen LogP contribution in [0.2, 0.25) is 0 Å². The maximum atomic E-state index is 13.3. The summed E-state index contributed by atoms with van der Waals surface area (Å²) in [5.74, 6) is 0.753. The molecular weight excluding hydrogens is 241 g/mol. The van der Waals surface area contributed by atoms with E-state index in [0.29, 0.717) is 12.4 Å². The summed E-state index contributed by atoms with van der Waals surface area (Å²) in [5.41, 5.74) is 0.0568. The van der Waals surface area contributed by atoms with Crippen LogP contribution in [0, 0.1) is 23.1 Å². The summed E-state index contributed by atoms with van der Waals surface area (Å²) in [6.07, 6.45) is 5.84. The fraction of sp³-hybridized carbons (Fsp3) is 0.562. The van der Waals surface area contributed by atoms with Gasteiger partial charge in [0.2, 0.25) is 0 Å². The molecule has 0 heterocycles. The lowest BCUT2D eigenvalue weighted by atomic mass is 9.96. The van der Waals surface area contributed by atoms with E-state index in [0.717, 1.165) is 18.8 Å². The summed E-state index contributed by atoms with van der Waals surface area (Å²) in [6, 6.07) is 6.17. The number of nitriles is 1. The second kappa shape index (κ2) is 8.53. The minimum atomic E-state index is -0.516. The third-order valence-corrected chi connectivity index (χ3v) is 3.36. The Balaban J connectivity index is 2.33. The van der Waals surface area contributed by atoms with E-state index in [1.165, 1.54) is 31.4 Å². The highest BCUT2D eigenvalue weighted by atomic mass is 19.1. The maximum absolute atomic E-state index is 13.3. The van der Waals surface area contributed by atoms with Gasteiger partial charge in [0, 0.05) is 6.07 Å². The van der Waals surface area contributed by atoms with Crippen molar-refractivity contribution in [1.29, 1.82) is 5.26 Å². The molecule has 0 aliphatic carbocycles. The fourth-order valence-electron chi connectivity index (χ4n) is 2.20. The van der Waals surface area contributed by atoms with Crippen molar-refractivity contribution in [3.05, 3.63) is 29.6 Å². The first-order chi connectivity index (χ1) is 9.21.